The van der Waals surface area contributed by atoms with Crippen LogP contribution >= 0.6 is 11.3 Å². The van der Waals surface area contributed by atoms with Gasteiger partial charge in [-0.3, -0.25) is 4.68 Å². The SMILES string of the molecule is CC(C)c1cc(-c2cccs2)nn1CCO. The van der Waals surface area contributed by atoms with E-state index in [1.807, 2.05) is 10.7 Å². The van der Waals surface area contributed by atoms with Gasteiger partial charge in [-0.25, -0.2) is 0 Å². The number of thiophene rings is 1. The predicted octanol–water partition coefficient (Wildman–Crippen LogP) is 2.73. The normalized spacial score (nSPS) is 11.2. The Hall–Kier alpha value is -1.13. The molecule has 0 aromatic carbocycles. The molecule has 0 bridgehead atoms. The van der Waals surface area contributed by atoms with Crippen LogP contribution in [-0.4, -0.2) is 21.5 Å². The molecule has 2 rings (SSSR count). The zero-order chi connectivity index (χ0) is 11.5. The average Bonchev–Trinajstić information content (AvgIpc) is 2.83. The first-order valence-electron chi connectivity index (χ1n) is 5.45. The third-order valence-electron chi connectivity index (χ3n) is 2.49. The average molecular weight is 236 g/mol. The fraction of sp³-hybridized carbons (Fsp3) is 0.417. The van der Waals surface area contributed by atoms with Crippen molar-refractivity contribution in [3.63, 3.8) is 0 Å². The molecule has 0 aliphatic heterocycles. The maximum atomic E-state index is 9.01. The molecule has 0 saturated heterocycles. The molecule has 2 heterocycles. The predicted molar refractivity (Wildman–Crippen MR) is 66.7 cm³/mol. The molecule has 3 nitrogen and oxygen atoms in total. The summed E-state index contributed by atoms with van der Waals surface area (Å²) in [4.78, 5) is 1.18. The molecule has 2 aromatic rings. The summed E-state index contributed by atoms with van der Waals surface area (Å²) in [5, 5.41) is 15.6. The van der Waals surface area contributed by atoms with Crippen LogP contribution in [0.3, 0.4) is 0 Å². The van der Waals surface area contributed by atoms with E-state index in [0.717, 1.165) is 5.69 Å². The molecule has 0 radical (unpaired) electrons. The van der Waals surface area contributed by atoms with Gasteiger partial charge >= 0.3 is 0 Å². The smallest absolute Gasteiger partial charge is 0.103 e. The number of nitrogens with zero attached hydrogens (tertiary/aromatic N) is 2. The first-order valence-corrected chi connectivity index (χ1v) is 6.33. The van der Waals surface area contributed by atoms with E-state index >= 15 is 0 Å². The second-order valence-electron chi connectivity index (χ2n) is 4.03. The van der Waals surface area contributed by atoms with Crippen molar-refractivity contribution in [1.29, 1.82) is 0 Å². The van der Waals surface area contributed by atoms with Crippen molar-refractivity contribution in [2.24, 2.45) is 0 Å². The Morgan fingerprint density at radius 1 is 1.50 bits per heavy atom. The summed E-state index contributed by atoms with van der Waals surface area (Å²) in [6.07, 6.45) is 0. The van der Waals surface area contributed by atoms with Gasteiger partial charge in [0.15, 0.2) is 0 Å². The van der Waals surface area contributed by atoms with Crippen LogP contribution in [0, 0.1) is 0 Å². The third kappa shape index (κ3) is 2.18. The lowest BCUT2D eigenvalue weighted by Gasteiger charge is -2.07. The molecule has 0 unspecified atom stereocenters. The lowest BCUT2D eigenvalue weighted by Crippen LogP contribution is -2.08. The zero-order valence-corrected chi connectivity index (χ0v) is 10.4. The topological polar surface area (TPSA) is 38.0 Å². The molecule has 1 N–H and O–H groups in total. The molecule has 0 spiro atoms. The standard InChI is InChI=1S/C12H16N2OS/c1-9(2)11-8-10(12-4-3-7-16-12)13-14(11)5-6-15/h3-4,7-9,15H,5-6H2,1-2H3. The fourth-order valence-corrected chi connectivity index (χ4v) is 2.40. The van der Waals surface area contributed by atoms with Gasteiger partial charge in [0.1, 0.15) is 5.69 Å². The van der Waals surface area contributed by atoms with Crippen molar-refractivity contribution in [1.82, 2.24) is 9.78 Å². The Kier molecular flexibility index (Phi) is 3.41. The molecule has 0 atom stereocenters. The molecular weight excluding hydrogens is 220 g/mol. The van der Waals surface area contributed by atoms with Crippen LogP contribution in [0.5, 0.6) is 0 Å². The van der Waals surface area contributed by atoms with E-state index < -0.39 is 0 Å². The Morgan fingerprint density at radius 3 is 2.88 bits per heavy atom. The second kappa shape index (κ2) is 4.80. The molecule has 4 heteroatoms. The molecule has 86 valence electrons. The Labute approximate surface area is 99.4 Å². The van der Waals surface area contributed by atoms with Crippen LogP contribution < -0.4 is 0 Å². The van der Waals surface area contributed by atoms with Crippen molar-refractivity contribution in [3.8, 4) is 10.6 Å². The van der Waals surface area contributed by atoms with Gasteiger partial charge in [0, 0.05) is 5.69 Å². The van der Waals surface area contributed by atoms with Crippen molar-refractivity contribution >= 4 is 11.3 Å². The highest BCUT2D eigenvalue weighted by Crippen LogP contribution is 2.26. The fourth-order valence-electron chi connectivity index (χ4n) is 1.71. The molecule has 2 aromatic heterocycles. The van der Waals surface area contributed by atoms with Gasteiger partial charge in [0.2, 0.25) is 0 Å². The number of aromatic nitrogens is 2. The number of aliphatic hydroxyl groups is 1. The summed E-state index contributed by atoms with van der Waals surface area (Å²) < 4.78 is 1.90. The van der Waals surface area contributed by atoms with Gasteiger partial charge < -0.3 is 5.11 Å². The summed E-state index contributed by atoms with van der Waals surface area (Å²) in [6, 6.07) is 6.21. The van der Waals surface area contributed by atoms with Gasteiger partial charge in [0.05, 0.1) is 18.0 Å². The molecule has 0 fully saturated rings. The molecular formula is C12H16N2OS. The van der Waals surface area contributed by atoms with Crippen molar-refractivity contribution < 1.29 is 5.11 Å². The summed E-state index contributed by atoms with van der Waals surface area (Å²) in [6.45, 7) is 4.98. The van der Waals surface area contributed by atoms with Crippen LogP contribution in [0.25, 0.3) is 10.6 Å². The largest absolute Gasteiger partial charge is 0.394 e. The van der Waals surface area contributed by atoms with E-state index in [9.17, 15) is 0 Å². The highest BCUT2D eigenvalue weighted by Gasteiger charge is 2.12. The first kappa shape index (κ1) is 11.4. The zero-order valence-electron chi connectivity index (χ0n) is 9.55. The molecule has 0 aliphatic carbocycles. The summed E-state index contributed by atoms with van der Waals surface area (Å²) in [5.74, 6) is 0.424. The summed E-state index contributed by atoms with van der Waals surface area (Å²) >= 11 is 1.69. The molecule has 16 heavy (non-hydrogen) atoms. The first-order chi connectivity index (χ1) is 7.72. The van der Waals surface area contributed by atoms with E-state index in [4.69, 9.17) is 5.11 Å². The van der Waals surface area contributed by atoms with Crippen LogP contribution in [0.15, 0.2) is 23.6 Å². The minimum Gasteiger partial charge on any atom is -0.394 e. The maximum Gasteiger partial charge on any atom is 0.103 e. The van der Waals surface area contributed by atoms with Crippen LogP contribution in [0.1, 0.15) is 25.5 Å². The quantitative estimate of drug-likeness (QED) is 0.886. The Balaban J connectivity index is 2.38. The van der Waals surface area contributed by atoms with Crippen molar-refractivity contribution in [2.75, 3.05) is 6.61 Å². The van der Waals surface area contributed by atoms with E-state index in [2.05, 4.69) is 36.5 Å². The monoisotopic (exact) mass is 236 g/mol. The summed E-state index contributed by atoms with van der Waals surface area (Å²) in [5.41, 5.74) is 2.18. The van der Waals surface area contributed by atoms with E-state index in [0.29, 0.717) is 12.5 Å². The molecule has 0 aliphatic rings. The van der Waals surface area contributed by atoms with Crippen LogP contribution in [0.4, 0.5) is 0 Å². The van der Waals surface area contributed by atoms with Crippen molar-refractivity contribution in [2.45, 2.75) is 26.3 Å². The van der Waals surface area contributed by atoms with E-state index in [1.165, 1.54) is 10.6 Å². The minimum absolute atomic E-state index is 0.130. The van der Waals surface area contributed by atoms with Crippen molar-refractivity contribution in [3.05, 3.63) is 29.3 Å². The lowest BCUT2D eigenvalue weighted by atomic mass is 10.1. The summed E-state index contributed by atoms with van der Waals surface area (Å²) in [7, 11) is 0. The van der Waals surface area contributed by atoms with E-state index in [1.54, 1.807) is 11.3 Å². The number of rotatable bonds is 4. The number of hydrogen-bond acceptors (Lipinski definition) is 3. The highest BCUT2D eigenvalue weighted by atomic mass is 32.1. The number of hydrogen-bond donors (Lipinski definition) is 1. The third-order valence-corrected chi connectivity index (χ3v) is 3.38. The van der Waals surface area contributed by atoms with Gasteiger partial charge in [-0.05, 0) is 23.4 Å². The van der Waals surface area contributed by atoms with Gasteiger partial charge in [-0.2, -0.15) is 5.10 Å². The molecule has 0 saturated carbocycles. The van der Waals surface area contributed by atoms with Gasteiger partial charge in [-0.15, -0.1) is 11.3 Å². The molecule has 0 amide bonds. The van der Waals surface area contributed by atoms with E-state index in [-0.39, 0.29) is 6.61 Å². The van der Waals surface area contributed by atoms with Crippen LogP contribution in [0.2, 0.25) is 0 Å². The minimum atomic E-state index is 0.130. The van der Waals surface area contributed by atoms with Gasteiger partial charge in [0.25, 0.3) is 0 Å². The maximum absolute atomic E-state index is 9.01. The Morgan fingerprint density at radius 2 is 2.31 bits per heavy atom. The Bertz CT molecular complexity index is 446. The second-order valence-corrected chi connectivity index (χ2v) is 4.98. The number of aliphatic hydroxyl groups excluding tert-OH is 1. The highest BCUT2D eigenvalue weighted by molar-refractivity contribution is 7.13. The van der Waals surface area contributed by atoms with Gasteiger partial charge in [-0.1, -0.05) is 19.9 Å². The van der Waals surface area contributed by atoms with Crippen LogP contribution in [-0.2, 0) is 6.54 Å². The lowest BCUT2D eigenvalue weighted by molar-refractivity contribution is 0.267.